The van der Waals surface area contributed by atoms with Crippen LogP contribution in [0.2, 0.25) is 0 Å². The third-order valence-corrected chi connectivity index (χ3v) is 23.5. The standard InChI is InChI=1S/C92H180O17P2/c1-8-9-10-11-12-13-14-15-16-17-18-19-20-21-26-29-35-40-45-54-61-68-75-91(96)108-87(79-102-89(94)73-66-59-52-44-39-34-28-25-23-22-24-27-32-37-42-49-56-63-70-83(2)3)81-106-110(98,99)104-77-86(93)78-105-111(100,101)107-82-88(80-103-90(95)74-67-60-53-48-47-51-58-65-72-85(6)7)109-92(97)76-69-62-55-46-41-36-31-30-33-38-43-50-57-64-71-84(4)5/h83-88,93H,8-82H2,1-7H3,(H,98,99)(H,100,101)/t86-,87-,88-/m1/s1. The first-order chi connectivity index (χ1) is 53.7. The van der Waals surface area contributed by atoms with Crippen molar-refractivity contribution in [2.75, 3.05) is 39.6 Å². The molecule has 0 spiro atoms. The molecule has 660 valence electrons. The quantitative estimate of drug-likeness (QED) is 0.0222. The van der Waals surface area contributed by atoms with E-state index in [1.54, 1.807) is 0 Å². The number of carbonyl (C=O) groups excluding carboxylic acids is 4. The van der Waals surface area contributed by atoms with Gasteiger partial charge in [-0.3, -0.25) is 37.3 Å². The third-order valence-electron chi connectivity index (χ3n) is 21.6. The molecular weight excluding hydrogens is 1440 g/mol. The van der Waals surface area contributed by atoms with Gasteiger partial charge in [0.15, 0.2) is 12.2 Å². The van der Waals surface area contributed by atoms with Crippen LogP contribution in [0.4, 0.5) is 0 Å². The van der Waals surface area contributed by atoms with E-state index >= 15 is 0 Å². The molecule has 0 fully saturated rings. The van der Waals surface area contributed by atoms with Gasteiger partial charge in [-0.15, -0.1) is 0 Å². The molecule has 0 amide bonds. The van der Waals surface area contributed by atoms with E-state index in [0.29, 0.717) is 25.7 Å². The van der Waals surface area contributed by atoms with Gasteiger partial charge in [0.25, 0.3) is 0 Å². The molecule has 3 N–H and O–H groups in total. The van der Waals surface area contributed by atoms with Crippen molar-refractivity contribution < 1.29 is 80.2 Å². The molecule has 0 aromatic rings. The third kappa shape index (κ3) is 85.8. The van der Waals surface area contributed by atoms with Gasteiger partial charge in [0.2, 0.25) is 0 Å². The summed E-state index contributed by atoms with van der Waals surface area (Å²) in [5.41, 5.74) is 0. The van der Waals surface area contributed by atoms with Crippen LogP contribution in [-0.2, 0) is 65.4 Å². The molecule has 0 aromatic heterocycles. The number of ether oxygens (including phenoxy) is 4. The first kappa shape index (κ1) is 109. The average Bonchev–Trinajstić information content (AvgIpc) is 0.899. The molecule has 2 unspecified atom stereocenters. The van der Waals surface area contributed by atoms with Gasteiger partial charge in [-0.1, -0.05) is 440 Å². The highest BCUT2D eigenvalue weighted by Gasteiger charge is 2.31. The minimum absolute atomic E-state index is 0.107. The topological polar surface area (TPSA) is 237 Å². The predicted octanol–water partition coefficient (Wildman–Crippen LogP) is 28.4. The van der Waals surface area contributed by atoms with E-state index < -0.39 is 97.5 Å². The number of esters is 4. The summed E-state index contributed by atoms with van der Waals surface area (Å²) in [6.45, 7) is 12.0. The number of hydrogen-bond donors (Lipinski definition) is 3. The van der Waals surface area contributed by atoms with Crippen molar-refractivity contribution in [3.8, 4) is 0 Å². The van der Waals surface area contributed by atoms with Crippen LogP contribution in [0.1, 0.15) is 492 Å². The number of aliphatic hydroxyl groups is 1. The van der Waals surface area contributed by atoms with E-state index in [1.165, 1.54) is 302 Å². The zero-order valence-electron chi connectivity index (χ0n) is 73.4. The average molecular weight is 1620 g/mol. The second kappa shape index (κ2) is 81.8. The summed E-state index contributed by atoms with van der Waals surface area (Å²) < 4.78 is 69.1. The van der Waals surface area contributed by atoms with Crippen LogP contribution in [0.5, 0.6) is 0 Å². The number of phosphoric ester groups is 2. The van der Waals surface area contributed by atoms with Gasteiger partial charge in [0.1, 0.15) is 19.3 Å². The summed E-state index contributed by atoms with van der Waals surface area (Å²) >= 11 is 0. The Hall–Kier alpha value is -1.94. The van der Waals surface area contributed by atoms with Crippen molar-refractivity contribution in [1.29, 1.82) is 0 Å². The Morgan fingerprint density at radius 1 is 0.243 bits per heavy atom. The minimum Gasteiger partial charge on any atom is -0.462 e. The molecule has 0 rings (SSSR count). The summed E-state index contributed by atoms with van der Waals surface area (Å²) in [5.74, 6) is 0.245. The molecule has 0 aromatic carbocycles. The second-order valence-corrected chi connectivity index (χ2v) is 37.4. The first-order valence-electron chi connectivity index (χ1n) is 47.3. The SMILES string of the molecule is CCCCCCCCCCCCCCCCCCCCCCCCC(=O)O[C@H](COC(=O)CCCCCCCCCCCCCCCCCCCCC(C)C)COP(=O)(O)OC[C@@H](O)COP(=O)(O)OC[C@@H](COC(=O)CCCCCCCCCCC(C)C)OC(=O)CCCCCCCCCCCCCCCCC(C)C. The predicted molar refractivity (Wildman–Crippen MR) is 460 cm³/mol. The number of carbonyl (C=O) groups is 4. The van der Waals surface area contributed by atoms with Crippen LogP contribution in [0.3, 0.4) is 0 Å². The fourth-order valence-corrected chi connectivity index (χ4v) is 16.0. The molecule has 0 saturated carbocycles. The van der Waals surface area contributed by atoms with E-state index in [0.717, 1.165) is 108 Å². The van der Waals surface area contributed by atoms with Crippen molar-refractivity contribution >= 4 is 39.5 Å². The monoisotopic (exact) mass is 1620 g/mol. The van der Waals surface area contributed by atoms with E-state index in [-0.39, 0.29) is 25.7 Å². The first-order valence-corrected chi connectivity index (χ1v) is 50.3. The lowest BCUT2D eigenvalue weighted by molar-refractivity contribution is -0.161. The Labute approximate surface area is 683 Å². The summed E-state index contributed by atoms with van der Waals surface area (Å²) in [6.07, 6.45) is 75.2. The molecule has 0 aliphatic rings. The summed E-state index contributed by atoms with van der Waals surface area (Å²) in [4.78, 5) is 73.4. The van der Waals surface area contributed by atoms with E-state index in [1.807, 2.05) is 0 Å². The number of rotatable bonds is 90. The van der Waals surface area contributed by atoms with E-state index in [4.69, 9.17) is 37.0 Å². The van der Waals surface area contributed by atoms with Crippen LogP contribution >= 0.6 is 15.6 Å². The maximum atomic E-state index is 13.2. The Kier molecular flexibility index (Phi) is 80.4. The van der Waals surface area contributed by atoms with Gasteiger partial charge in [-0.05, 0) is 43.4 Å². The summed E-state index contributed by atoms with van der Waals surface area (Å²) in [5, 5.41) is 10.7. The molecule has 0 bridgehead atoms. The molecule has 0 radical (unpaired) electrons. The Bertz CT molecular complexity index is 2130. The van der Waals surface area contributed by atoms with Gasteiger partial charge in [0, 0.05) is 25.7 Å². The minimum atomic E-state index is -4.97. The number of hydrogen-bond acceptors (Lipinski definition) is 15. The van der Waals surface area contributed by atoms with Gasteiger partial charge in [0.05, 0.1) is 26.4 Å². The lowest BCUT2D eigenvalue weighted by atomic mass is 10.0. The molecule has 0 saturated heterocycles. The van der Waals surface area contributed by atoms with Crippen LogP contribution in [-0.4, -0.2) is 96.7 Å². The maximum Gasteiger partial charge on any atom is 0.472 e. The fourth-order valence-electron chi connectivity index (χ4n) is 14.4. The number of aliphatic hydroxyl groups excluding tert-OH is 1. The molecule has 0 heterocycles. The van der Waals surface area contributed by atoms with Gasteiger partial charge in [-0.25, -0.2) is 9.13 Å². The second-order valence-electron chi connectivity index (χ2n) is 34.5. The molecule has 111 heavy (non-hydrogen) atoms. The number of unbranched alkanes of at least 4 members (excludes halogenated alkanes) is 58. The Balaban J connectivity index is 5.23. The van der Waals surface area contributed by atoms with Crippen molar-refractivity contribution in [2.45, 2.75) is 510 Å². The summed E-state index contributed by atoms with van der Waals surface area (Å²) in [6, 6.07) is 0. The van der Waals surface area contributed by atoms with Crippen molar-refractivity contribution in [1.82, 2.24) is 0 Å². The van der Waals surface area contributed by atoms with Crippen molar-refractivity contribution in [3.63, 3.8) is 0 Å². The van der Waals surface area contributed by atoms with Crippen molar-refractivity contribution in [2.24, 2.45) is 17.8 Å². The zero-order chi connectivity index (χ0) is 81.5. The molecule has 19 heteroatoms. The number of phosphoric acid groups is 2. The Morgan fingerprint density at radius 2 is 0.414 bits per heavy atom. The van der Waals surface area contributed by atoms with Crippen LogP contribution in [0.25, 0.3) is 0 Å². The highest BCUT2D eigenvalue weighted by atomic mass is 31.2. The molecule has 17 nitrogen and oxygen atoms in total. The van der Waals surface area contributed by atoms with Gasteiger partial charge >= 0.3 is 39.5 Å². The molecule has 0 aliphatic carbocycles. The van der Waals surface area contributed by atoms with Crippen LogP contribution < -0.4 is 0 Å². The normalized spacial score (nSPS) is 13.8. The van der Waals surface area contributed by atoms with Gasteiger partial charge < -0.3 is 33.8 Å². The largest absolute Gasteiger partial charge is 0.472 e. The smallest absolute Gasteiger partial charge is 0.462 e. The van der Waals surface area contributed by atoms with Crippen LogP contribution in [0, 0.1) is 17.8 Å². The molecular formula is C92H180O17P2. The zero-order valence-corrected chi connectivity index (χ0v) is 75.2. The highest BCUT2D eigenvalue weighted by Crippen LogP contribution is 2.45. The molecule has 5 atom stereocenters. The fraction of sp³-hybridized carbons (Fsp3) is 0.957. The van der Waals surface area contributed by atoms with Crippen LogP contribution in [0.15, 0.2) is 0 Å². The Morgan fingerprint density at radius 3 is 0.613 bits per heavy atom. The highest BCUT2D eigenvalue weighted by molar-refractivity contribution is 7.47. The summed E-state index contributed by atoms with van der Waals surface area (Å²) in [7, 11) is -9.94. The van der Waals surface area contributed by atoms with E-state index in [2.05, 4.69) is 48.5 Å². The van der Waals surface area contributed by atoms with E-state index in [9.17, 15) is 43.2 Å². The lowest BCUT2D eigenvalue weighted by Crippen LogP contribution is -2.30. The lowest BCUT2D eigenvalue weighted by Gasteiger charge is -2.21. The van der Waals surface area contributed by atoms with Crippen molar-refractivity contribution in [3.05, 3.63) is 0 Å². The van der Waals surface area contributed by atoms with Gasteiger partial charge in [-0.2, -0.15) is 0 Å². The molecule has 0 aliphatic heterocycles. The maximum absolute atomic E-state index is 13.2.